The van der Waals surface area contributed by atoms with Gasteiger partial charge in [0.2, 0.25) is 0 Å². The lowest BCUT2D eigenvalue weighted by atomic mass is 9.75. The standard InChI is InChI=1S/C23H24O5/c1-22(2)26-19-20(27-22)23(28-21(19)24)12-6-9-16-13-17(10-11-18(16)23)25-14-15-7-4-3-5-8-15/h3-5,7-8,10-11,13,19-20H,6,9,12,14H2,1-2H3/t19-,20+,23-/m1/s1. The van der Waals surface area contributed by atoms with Gasteiger partial charge in [0.05, 0.1) is 0 Å². The first-order chi connectivity index (χ1) is 13.5. The Morgan fingerprint density at radius 3 is 2.75 bits per heavy atom. The van der Waals surface area contributed by atoms with E-state index in [1.165, 1.54) is 0 Å². The van der Waals surface area contributed by atoms with Gasteiger partial charge in [-0.25, -0.2) is 4.79 Å². The molecule has 2 saturated heterocycles. The summed E-state index contributed by atoms with van der Waals surface area (Å²) in [6.07, 6.45) is 1.53. The molecular weight excluding hydrogens is 356 g/mol. The van der Waals surface area contributed by atoms with Crippen molar-refractivity contribution in [3.63, 3.8) is 0 Å². The zero-order valence-electron chi connectivity index (χ0n) is 16.1. The molecule has 0 aromatic heterocycles. The summed E-state index contributed by atoms with van der Waals surface area (Å²) in [5.41, 5.74) is 2.54. The molecule has 3 atom stereocenters. The van der Waals surface area contributed by atoms with Crippen molar-refractivity contribution >= 4 is 5.97 Å². The van der Waals surface area contributed by atoms with E-state index in [1.54, 1.807) is 0 Å². The van der Waals surface area contributed by atoms with Crippen LogP contribution in [0.3, 0.4) is 0 Å². The van der Waals surface area contributed by atoms with E-state index in [0.29, 0.717) is 6.61 Å². The van der Waals surface area contributed by atoms with E-state index in [9.17, 15) is 4.79 Å². The molecule has 0 amide bonds. The van der Waals surface area contributed by atoms with Crippen molar-refractivity contribution in [3.8, 4) is 5.75 Å². The number of rotatable bonds is 3. The van der Waals surface area contributed by atoms with Crippen molar-refractivity contribution in [2.24, 2.45) is 0 Å². The molecule has 0 N–H and O–H groups in total. The topological polar surface area (TPSA) is 54.0 Å². The van der Waals surface area contributed by atoms with Crippen LogP contribution in [0.4, 0.5) is 0 Å². The second-order valence-electron chi connectivity index (χ2n) is 8.23. The van der Waals surface area contributed by atoms with E-state index in [2.05, 4.69) is 6.07 Å². The fourth-order valence-electron chi connectivity index (χ4n) is 4.67. The Morgan fingerprint density at radius 2 is 1.93 bits per heavy atom. The van der Waals surface area contributed by atoms with Gasteiger partial charge in [0.25, 0.3) is 0 Å². The zero-order valence-corrected chi connectivity index (χ0v) is 16.1. The van der Waals surface area contributed by atoms with Gasteiger partial charge in [0.15, 0.2) is 17.5 Å². The predicted octanol–water partition coefficient (Wildman–Crippen LogP) is 3.87. The summed E-state index contributed by atoms with van der Waals surface area (Å²) < 4.78 is 23.8. The van der Waals surface area contributed by atoms with Gasteiger partial charge in [-0.2, -0.15) is 0 Å². The van der Waals surface area contributed by atoms with E-state index in [1.807, 2.05) is 56.3 Å². The minimum Gasteiger partial charge on any atom is -0.489 e. The number of aryl methyl sites for hydroxylation is 1. The average Bonchev–Trinajstić information content (AvgIpc) is 3.14. The quantitative estimate of drug-likeness (QED) is 0.757. The minimum absolute atomic E-state index is 0.326. The summed E-state index contributed by atoms with van der Waals surface area (Å²) in [6.45, 7) is 4.21. The van der Waals surface area contributed by atoms with Crippen molar-refractivity contribution in [3.05, 3.63) is 65.2 Å². The first kappa shape index (κ1) is 17.7. The first-order valence-electron chi connectivity index (χ1n) is 9.85. The van der Waals surface area contributed by atoms with Crippen LogP contribution >= 0.6 is 0 Å². The highest BCUT2D eigenvalue weighted by Gasteiger charge is 2.65. The van der Waals surface area contributed by atoms with Crippen molar-refractivity contribution in [2.75, 3.05) is 0 Å². The van der Waals surface area contributed by atoms with Crippen LogP contribution in [-0.2, 0) is 37.6 Å². The molecule has 0 bridgehead atoms. The van der Waals surface area contributed by atoms with Crippen LogP contribution in [0.25, 0.3) is 0 Å². The van der Waals surface area contributed by atoms with Crippen LogP contribution in [0.2, 0.25) is 0 Å². The predicted molar refractivity (Wildman–Crippen MR) is 102 cm³/mol. The molecule has 5 nitrogen and oxygen atoms in total. The molecule has 0 unspecified atom stereocenters. The van der Waals surface area contributed by atoms with Crippen LogP contribution in [0.5, 0.6) is 5.75 Å². The van der Waals surface area contributed by atoms with Crippen LogP contribution in [0.15, 0.2) is 48.5 Å². The van der Waals surface area contributed by atoms with Crippen molar-refractivity contribution in [2.45, 2.75) is 63.3 Å². The molecule has 5 heteroatoms. The summed E-state index contributed by atoms with van der Waals surface area (Å²) in [5, 5.41) is 0. The smallest absolute Gasteiger partial charge is 0.339 e. The Hall–Kier alpha value is -2.37. The number of ether oxygens (including phenoxy) is 4. The Morgan fingerprint density at radius 1 is 1.11 bits per heavy atom. The molecule has 28 heavy (non-hydrogen) atoms. The molecule has 0 saturated carbocycles. The molecule has 1 aliphatic carbocycles. The van der Waals surface area contributed by atoms with E-state index < -0.39 is 23.6 Å². The lowest BCUT2D eigenvalue weighted by molar-refractivity contribution is -0.205. The maximum absolute atomic E-state index is 12.5. The summed E-state index contributed by atoms with van der Waals surface area (Å²) in [6, 6.07) is 16.2. The second-order valence-corrected chi connectivity index (χ2v) is 8.23. The fourth-order valence-corrected chi connectivity index (χ4v) is 4.67. The first-order valence-corrected chi connectivity index (χ1v) is 9.85. The molecule has 146 valence electrons. The Kier molecular flexibility index (Phi) is 4.00. The number of hydrogen-bond acceptors (Lipinski definition) is 5. The van der Waals surface area contributed by atoms with Gasteiger partial charge in [-0.05, 0) is 56.4 Å². The summed E-state index contributed by atoms with van der Waals surface area (Å²) in [5.74, 6) is -0.282. The van der Waals surface area contributed by atoms with Crippen LogP contribution < -0.4 is 4.74 Å². The molecule has 5 rings (SSSR count). The van der Waals surface area contributed by atoms with Gasteiger partial charge in [-0.3, -0.25) is 0 Å². The van der Waals surface area contributed by atoms with E-state index in [4.69, 9.17) is 18.9 Å². The highest BCUT2D eigenvalue weighted by molar-refractivity contribution is 5.80. The maximum atomic E-state index is 12.5. The van der Waals surface area contributed by atoms with Gasteiger partial charge < -0.3 is 18.9 Å². The van der Waals surface area contributed by atoms with Gasteiger partial charge >= 0.3 is 5.97 Å². The lowest BCUT2D eigenvalue weighted by Gasteiger charge is -2.38. The van der Waals surface area contributed by atoms with Crippen molar-refractivity contribution in [1.29, 1.82) is 0 Å². The Labute approximate surface area is 164 Å². The second kappa shape index (κ2) is 6.33. The zero-order chi connectivity index (χ0) is 19.4. The normalized spacial score (nSPS) is 30.0. The van der Waals surface area contributed by atoms with Crippen LogP contribution in [-0.4, -0.2) is 24.0 Å². The third-order valence-corrected chi connectivity index (χ3v) is 5.85. The van der Waals surface area contributed by atoms with Gasteiger partial charge in [-0.15, -0.1) is 0 Å². The Balaban J connectivity index is 1.44. The van der Waals surface area contributed by atoms with E-state index >= 15 is 0 Å². The summed E-state index contributed by atoms with van der Waals surface area (Å²) >= 11 is 0. The number of benzene rings is 2. The fraction of sp³-hybridized carbons (Fsp3) is 0.435. The summed E-state index contributed by atoms with van der Waals surface area (Å²) in [7, 11) is 0. The summed E-state index contributed by atoms with van der Waals surface area (Å²) in [4.78, 5) is 12.5. The highest BCUT2D eigenvalue weighted by Crippen LogP contribution is 2.52. The minimum atomic E-state index is -0.780. The molecule has 2 aromatic carbocycles. The number of fused-ring (bicyclic) bond motifs is 4. The molecule has 2 fully saturated rings. The molecule has 2 aromatic rings. The molecule has 0 radical (unpaired) electrons. The molecule has 1 spiro atoms. The molecule has 2 heterocycles. The van der Waals surface area contributed by atoms with Gasteiger partial charge in [0, 0.05) is 5.56 Å². The number of esters is 1. The monoisotopic (exact) mass is 380 g/mol. The van der Waals surface area contributed by atoms with Gasteiger partial charge in [-0.1, -0.05) is 36.4 Å². The third-order valence-electron chi connectivity index (χ3n) is 5.85. The number of hydrogen-bond donors (Lipinski definition) is 0. The largest absolute Gasteiger partial charge is 0.489 e. The molecule has 3 aliphatic rings. The van der Waals surface area contributed by atoms with Crippen molar-refractivity contribution in [1.82, 2.24) is 0 Å². The maximum Gasteiger partial charge on any atom is 0.339 e. The van der Waals surface area contributed by atoms with E-state index in [0.717, 1.165) is 41.7 Å². The molecular formula is C23H24O5. The average molecular weight is 380 g/mol. The highest BCUT2D eigenvalue weighted by atomic mass is 16.8. The van der Waals surface area contributed by atoms with Gasteiger partial charge in [0.1, 0.15) is 18.5 Å². The third kappa shape index (κ3) is 2.81. The van der Waals surface area contributed by atoms with Crippen molar-refractivity contribution < 1.29 is 23.7 Å². The van der Waals surface area contributed by atoms with E-state index in [-0.39, 0.29) is 5.97 Å². The van der Waals surface area contributed by atoms with Crippen LogP contribution in [0, 0.1) is 0 Å². The number of carbonyl (C=O) groups excluding carboxylic acids is 1. The SMILES string of the molecule is CC1(C)O[C@H]2C(=O)O[C@@]3(CCCc4cc(OCc5ccccc5)ccc43)[C@H]2O1. The number of carbonyl (C=O) groups is 1. The Bertz CT molecular complexity index is 906. The van der Waals surface area contributed by atoms with Crippen LogP contribution in [0.1, 0.15) is 43.4 Å². The molecule has 2 aliphatic heterocycles. The lowest BCUT2D eigenvalue weighted by Crippen LogP contribution is -2.43.